The second-order valence-electron chi connectivity index (χ2n) is 13.8. The number of amides is 2. The Morgan fingerprint density at radius 1 is 1.02 bits per heavy atom. The fourth-order valence-corrected chi connectivity index (χ4v) is 4.96. The highest BCUT2D eigenvalue weighted by atomic mass is 16.6. The van der Waals surface area contributed by atoms with E-state index in [1.54, 1.807) is 27.0 Å². The number of anilines is 1. The first kappa shape index (κ1) is 36.3. The van der Waals surface area contributed by atoms with Gasteiger partial charge in [0, 0.05) is 35.9 Å². The Morgan fingerprint density at radius 2 is 1.66 bits per heavy atom. The van der Waals surface area contributed by atoms with Crippen LogP contribution in [0.15, 0.2) is 30.5 Å². The van der Waals surface area contributed by atoms with Gasteiger partial charge in [0.05, 0.1) is 0 Å². The summed E-state index contributed by atoms with van der Waals surface area (Å²) in [5.74, 6) is 1.48. The number of nitrogens with two attached hydrogens (primary N) is 1. The number of alkyl carbamates (subject to hydrolysis) is 1. The number of carbonyl (C=O) groups excluding carboxylic acids is 2. The normalized spacial score (nSPS) is 14.8. The number of hydrogen-bond donors (Lipinski definition) is 4. The Hall–Kier alpha value is -3.86. The van der Waals surface area contributed by atoms with Crippen molar-refractivity contribution >= 4 is 23.8 Å². The maximum Gasteiger partial charge on any atom is 0.408 e. The third-order valence-corrected chi connectivity index (χ3v) is 6.43. The van der Waals surface area contributed by atoms with Crippen molar-refractivity contribution in [1.82, 2.24) is 10.3 Å². The number of hydrogen-bond acceptors (Lipinski definition) is 8. The van der Waals surface area contributed by atoms with Crippen LogP contribution in [-0.4, -0.2) is 51.3 Å². The first-order valence-electron chi connectivity index (χ1n) is 14.9. The van der Waals surface area contributed by atoms with Crippen molar-refractivity contribution in [2.75, 3.05) is 11.9 Å². The third-order valence-electron chi connectivity index (χ3n) is 6.43. The lowest BCUT2D eigenvalue weighted by atomic mass is 9.91. The summed E-state index contributed by atoms with van der Waals surface area (Å²) < 4.78 is 16.8. The lowest BCUT2D eigenvalue weighted by Gasteiger charge is -2.29. The molecular formula is C33H50N4O7. The van der Waals surface area contributed by atoms with Crippen LogP contribution in [0.2, 0.25) is 0 Å². The zero-order valence-electron chi connectivity index (χ0n) is 27.8. The quantitative estimate of drug-likeness (QED) is 0.246. The summed E-state index contributed by atoms with van der Waals surface area (Å²) in [4.78, 5) is 38.3. The van der Waals surface area contributed by atoms with Gasteiger partial charge in [-0.25, -0.2) is 14.6 Å². The highest BCUT2D eigenvalue weighted by Crippen LogP contribution is 2.40. The molecule has 0 fully saturated rings. The maximum atomic E-state index is 11.6. The number of carboxylic acid groups (broad SMARTS) is 1. The van der Waals surface area contributed by atoms with Gasteiger partial charge >= 0.3 is 12.1 Å². The number of ether oxygens (including phenoxy) is 3. The molecule has 0 spiro atoms. The fraction of sp³-hybridized carbons (Fsp3) is 0.576. The zero-order chi connectivity index (χ0) is 33.5. The van der Waals surface area contributed by atoms with Crippen LogP contribution in [0.5, 0.6) is 11.5 Å². The average Bonchev–Trinajstić information content (AvgIpc) is 2.84. The van der Waals surface area contributed by atoms with E-state index in [1.165, 1.54) is 13.8 Å². The average molecular weight is 615 g/mol. The molecule has 2 amide bonds. The number of nitrogens with zero attached hydrogens (tertiary/aromatic N) is 1. The first-order valence-corrected chi connectivity index (χ1v) is 14.9. The van der Waals surface area contributed by atoms with Crippen LogP contribution in [0.4, 0.5) is 10.6 Å². The van der Waals surface area contributed by atoms with Crippen molar-refractivity contribution in [3.63, 3.8) is 0 Å². The van der Waals surface area contributed by atoms with E-state index < -0.39 is 23.2 Å². The zero-order valence-corrected chi connectivity index (χ0v) is 27.8. The molecule has 44 heavy (non-hydrogen) atoms. The minimum Gasteiger partial charge on any atom is -0.492 e. The molecule has 0 aliphatic carbocycles. The molecule has 11 nitrogen and oxygen atoms in total. The van der Waals surface area contributed by atoms with Gasteiger partial charge in [0.15, 0.2) is 0 Å². The van der Waals surface area contributed by atoms with Crippen molar-refractivity contribution < 1.29 is 33.7 Å². The second kappa shape index (κ2) is 14.7. The summed E-state index contributed by atoms with van der Waals surface area (Å²) in [6, 6.07) is 7.65. The van der Waals surface area contributed by atoms with Gasteiger partial charge < -0.3 is 35.7 Å². The molecule has 5 N–H and O–H groups in total. The van der Waals surface area contributed by atoms with Crippen molar-refractivity contribution in [1.29, 1.82) is 0 Å². The molecule has 0 radical (unpaired) electrons. The topological polar surface area (TPSA) is 162 Å². The van der Waals surface area contributed by atoms with Gasteiger partial charge in [0.1, 0.15) is 41.7 Å². The SMILES string of the molecule is CC(=O)Nc1cc2c(cn1)COc1cc(OCC(C)(N)CC(C)C)ccc1-2.CC(C)CC(C)(NC(=O)OC(C)(C)C)C(=O)O. The number of fused-ring (bicyclic) bond motifs is 3. The number of aliphatic carboxylic acids is 1. The van der Waals surface area contributed by atoms with Crippen LogP contribution in [-0.2, 0) is 20.9 Å². The van der Waals surface area contributed by atoms with E-state index in [0.29, 0.717) is 31.4 Å². The van der Waals surface area contributed by atoms with Crippen LogP contribution in [0, 0.1) is 11.8 Å². The van der Waals surface area contributed by atoms with Gasteiger partial charge in [-0.1, -0.05) is 27.7 Å². The molecule has 2 unspecified atom stereocenters. The van der Waals surface area contributed by atoms with Crippen LogP contribution in [0.3, 0.4) is 0 Å². The van der Waals surface area contributed by atoms with Gasteiger partial charge in [-0.15, -0.1) is 0 Å². The number of aromatic nitrogens is 1. The summed E-state index contributed by atoms with van der Waals surface area (Å²) >= 11 is 0. The monoisotopic (exact) mass is 614 g/mol. The van der Waals surface area contributed by atoms with Crippen molar-refractivity contribution in [2.45, 2.75) is 105 Å². The fourth-order valence-electron chi connectivity index (χ4n) is 4.96. The van der Waals surface area contributed by atoms with Crippen LogP contribution >= 0.6 is 0 Å². The molecule has 244 valence electrons. The van der Waals surface area contributed by atoms with E-state index in [1.807, 2.05) is 45.0 Å². The van der Waals surface area contributed by atoms with Crippen molar-refractivity contribution in [3.8, 4) is 22.6 Å². The van der Waals surface area contributed by atoms with Crippen molar-refractivity contribution in [3.05, 3.63) is 36.0 Å². The summed E-state index contributed by atoms with van der Waals surface area (Å²) in [6.45, 7) is 19.1. The minimum atomic E-state index is -1.30. The Morgan fingerprint density at radius 3 is 2.20 bits per heavy atom. The van der Waals surface area contributed by atoms with Gasteiger partial charge in [-0.05, 0) is 83.1 Å². The molecule has 0 bridgehead atoms. The Balaban J connectivity index is 0.000000345. The number of pyridine rings is 1. The molecule has 1 aliphatic rings. The summed E-state index contributed by atoms with van der Waals surface area (Å²) in [5, 5.41) is 14.3. The van der Waals surface area contributed by atoms with E-state index in [0.717, 1.165) is 34.6 Å². The molecular weight excluding hydrogens is 564 g/mol. The smallest absolute Gasteiger partial charge is 0.408 e. The predicted molar refractivity (Wildman–Crippen MR) is 171 cm³/mol. The number of nitrogens with one attached hydrogen (secondary N) is 2. The standard InChI is InChI=1S/C21H27N3O3.C12H23NO4/c1-13(2)9-21(4,22)12-27-16-5-6-17-18-8-20(24-14(3)25)23-10-15(18)11-26-19(17)7-16;1-8(2)7-12(6,9(14)15)13-10(16)17-11(3,4)5/h5-8,10,13H,9,11-12,22H2,1-4H3,(H,23,24,25);8H,7H2,1-6H3,(H,13,16)(H,14,15). The number of carboxylic acids is 1. The second-order valence-corrected chi connectivity index (χ2v) is 13.8. The molecule has 2 heterocycles. The molecule has 2 aromatic rings. The van der Waals surface area contributed by atoms with Crippen LogP contribution in [0.1, 0.15) is 87.6 Å². The highest BCUT2D eigenvalue weighted by Gasteiger charge is 2.37. The maximum absolute atomic E-state index is 11.6. The summed E-state index contributed by atoms with van der Waals surface area (Å²) in [5.41, 5.74) is 6.96. The van der Waals surface area contributed by atoms with Gasteiger partial charge in [-0.3, -0.25) is 4.79 Å². The minimum absolute atomic E-state index is 0.148. The molecule has 3 rings (SSSR count). The van der Waals surface area contributed by atoms with Gasteiger partial charge in [0.25, 0.3) is 0 Å². The highest BCUT2D eigenvalue weighted by molar-refractivity contribution is 5.89. The lowest BCUT2D eigenvalue weighted by Crippen LogP contribution is -2.54. The van der Waals surface area contributed by atoms with Crippen LogP contribution in [0.25, 0.3) is 11.1 Å². The summed E-state index contributed by atoms with van der Waals surface area (Å²) in [6.07, 6.45) is 2.27. The van der Waals surface area contributed by atoms with E-state index in [-0.39, 0.29) is 17.4 Å². The van der Waals surface area contributed by atoms with Crippen molar-refractivity contribution in [2.24, 2.45) is 17.6 Å². The van der Waals surface area contributed by atoms with Gasteiger partial charge in [-0.2, -0.15) is 0 Å². The molecule has 1 aliphatic heterocycles. The molecule has 0 saturated heterocycles. The number of benzene rings is 1. The van der Waals surface area contributed by atoms with E-state index in [2.05, 4.69) is 29.5 Å². The lowest BCUT2D eigenvalue weighted by molar-refractivity contribution is -0.144. The molecule has 1 aromatic heterocycles. The van der Waals surface area contributed by atoms with E-state index in [4.69, 9.17) is 25.1 Å². The Bertz CT molecular complexity index is 1320. The number of carbonyl (C=O) groups is 3. The number of rotatable bonds is 10. The predicted octanol–water partition coefficient (Wildman–Crippen LogP) is 6.14. The first-order chi connectivity index (χ1) is 20.2. The van der Waals surface area contributed by atoms with E-state index >= 15 is 0 Å². The summed E-state index contributed by atoms with van der Waals surface area (Å²) in [7, 11) is 0. The third kappa shape index (κ3) is 11.7. The largest absolute Gasteiger partial charge is 0.492 e. The molecule has 1 aromatic carbocycles. The molecule has 0 saturated carbocycles. The Labute approximate surface area is 261 Å². The Kier molecular flexibility index (Phi) is 12.2. The van der Waals surface area contributed by atoms with E-state index in [9.17, 15) is 14.4 Å². The molecule has 11 heteroatoms. The van der Waals surface area contributed by atoms with Gasteiger partial charge in [0.2, 0.25) is 5.91 Å². The molecule has 2 atom stereocenters. The van der Waals surface area contributed by atoms with Crippen LogP contribution < -0.4 is 25.8 Å².